The molecule has 1 unspecified atom stereocenters. The number of likely N-dealkylation sites (tertiary alicyclic amines) is 1. The number of ether oxygens (including phenoxy) is 2. The van der Waals surface area contributed by atoms with Gasteiger partial charge in [0.2, 0.25) is 0 Å². The lowest BCUT2D eigenvalue weighted by Crippen LogP contribution is -2.35. The highest BCUT2D eigenvalue weighted by atomic mass is 16.5. The van der Waals surface area contributed by atoms with Crippen molar-refractivity contribution in [1.29, 1.82) is 0 Å². The van der Waals surface area contributed by atoms with Crippen LogP contribution in [0.15, 0.2) is 23.2 Å². The summed E-state index contributed by atoms with van der Waals surface area (Å²) in [6, 6.07) is 6.63. The molecule has 0 radical (unpaired) electrons. The highest BCUT2D eigenvalue weighted by Gasteiger charge is 2.34. The Morgan fingerprint density at radius 1 is 1.21 bits per heavy atom. The van der Waals surface area contributed by atoms with E-state index < -0.39 is 0 Å². The van der Waals surface area contributed by atoms with E-state index >= 15 is 0 Å². The normalized spacial score (nSPS) is 21.6. The van der Waals surface area contributed by atoms with Crippen LogP contribution in [0.4, 0.5) is 5.69 Å². The smallest absolute Gasteiger partial charge is 0.195 e. The van der Waals surface area contributed by atoms with Gasteiger partial charge in [0.1, 0.15) is 0 Å². The van der Waals surface area contributed by atoms with Crippen LogP contribution in [0.25, 0.3) is 0 Å². The molecule has 1 aromatic carbocycles. The minimum absolute atomic E-state index is 0.703. The van der Waals surface area contributed by atoms with Crippen LogP contribution in [0, 0.1) is 5.92 Å². The van der Waals surface area contributed by atoms with Crippen LogP contribution in [0.2, 0.25) is 0 Å². The van der Waals surface area contributed by atoms with Gasteiger partial charge < -0.3 is 25.0 Å². The molecule has 6 heteroatoms. The van der Waals surface area contributed by atoms with E-state index in [1.165, 1.54) is 32.4 Å². The fourth-order valence-corrected chi connectivity index (χ4v) is 3.27. The molecule has 2 N–H and O–H groups in total. The van der Waals surface area contributed by atoms with E-state index in [0.717, 1.165) is 30.0 Å². The third kappa shape index (κ3) is 4.12. The molecule has 1 saturated carbocycles. The van der Waals surface area contributed by atoms with Crippen molar-refractivity contribution < 1.29 is 9.47 Å². The summed E-state index contributed by atoms with van der Waals surface area (Å²) in [7, 11) is 5.07. The highest BCUT2D eigenvalue weighted by Crippen LogP contribution is 2.31. The number of hydrogen-bond donors (Lipinski definition) is 2. The molecular formula is C18H28N4O2. The van der Waals surface area contributed by atoms with Gasteiger partial charge in [-0.25, -0.2) is 0 Å². The van der Waals surface area contributed by atoms with E-state index in [9.17, 15) is 0 Å². The first-order valence-corrected chi connectivity index (χ1v) is 8.67. The second-order valence-corrected chi connectivity index (χ2v) is 6.53. The maximum absolute atomic E-state index is 5.34. The zero-order valence-corrected chi connectivity index (χ0v) is 14.8. The molecule has 2 fully saturated rings. The van der Waals surface area contributed by atoms with Gasteiger partial charge in [0, 0.05) is 37.9 Å². The van der Waals surface area contributed by atoms with Crippen LogP contribution in [-0.4, -0.2) is 57.8 Å². The summed E-state index contributed by atoms with van der Waals surface area (Å²) < 4.78 is 10.6. The summed E-state index contributed by atoms with van der Waals surface area (Å²) in [5.74, 6) is 2.91. The van der Waals surface area contributed by atoms with Crippen molar-refractivity contribution in [3.05, 3.63) is 18.2 Å². The van der Waals surface area contributed by atoms with Crippen LogP contribution in [0.1, 0.15) is 19.3 Å². The Kier molecular flexibility index (Phi) is 5.45. The number of rotatable bonds is 6. The number of anilines is 1. The summed E-state index contributed by atoms with van der Waals surface area (Å²) in [4.78, 5) is 6.95. The fraction of sp³-hybridized carbons (Fsp3) is 0.611. The van der Waals surface area contributed by atoms with Crippen LogP contribution in [0.3, 0.4) is 0 Å². The minimum atomic E-state index is 0.703. The quantitative estimate of drug-likeness (QED) is 0.618. The SMILES string of the molecule is CN=C(NCC1CCN(C2CC2)C1)Nc1ccc(OC)c(OC)c1. The minimum Gasteiger partial charge on any atom is -0.493 e. The van der Waals surface area contributed by atoms with E-state index in [2.05, 4.69) is 20.5 Å². The van der Waals surface area contributed by atoms with Gasteiger partial charge >= 0.3 is 0 Å². The second-order valence-electron chi connectivity index (χ2n) is 6.53. The predicted octanol–water partition coefficient (Wildman–Crippen LogP) is 2.18. The lowest BCUT2D eigenvalue weighted by Gasteiger charge is -2.17. The summed E-state index contributed by atoms with van der Waals surface area (Å²) in [6.45, 7) is 3.42. The molecule has 2 aliphatic rings. The van der Waals surface area contributed by atoms with Gasteiger partial charge in [-0.1, -0.05) is 0 Å². The number of hydrogen-bond acceptors (Lipinski definition) is 4. The Balaban J connectivity index is 1.51. The molecule has 3 rings (SSSR count). The van der Waals surface area contributed by atoms with Crippen molar-refractivity contribution in [1.82, 2.24) is 10.2 Å². The summed E-state index contributed by atoms with van der Waals surface area (Å²) in [6.07, 6.45) is 4.06. The Bertz CT molecular complexity index is 586. The van der Waals surface area contributed by atoms with Gasteiger partial charge in [-0.15, -0.1) is 0 Å². The monoisotopic (exact) mass is 332 g/mol. The fourth-order valence-electron chi connectivity index (χ4n) is 3.27. The zero-order valence-electron chi connectivity index (χ0n) is 14.8. The Labute approximate surface area is 144 Å². The maximum atomic E-state index is 5.34. The van der Waals surface area contributed by atoms with Gasteiger partial charge in [0.15, 0.2) is 17.5 Å². The molecule has 1 aromatic rings. The van der Waals surface area contributed by atoms with Crippen LogP contribution in [-0.2, 0) is 0 Å². The molecule has 6 nitrogen and oxygen atoms in total. The Morgan fingerprint density at radius 2 is 2.00 bits per heavy atom. The van der Waals surface area contributed by atoms with Crippen molar-refractivity contribution in [2.75, 3.05) is 46.2 Å². The maximum Gasteiger partial charge on any atom is 0.195 e. The third-order valence-electron chi connectivity index (χ3n) is 4.81. The topological polar surface area (TPSA) is 58.1 Å². The van der Waals surface area contributed by atoms with Gasteiger partial charge in [-0.2, -0.15) is 0 Å². The predicted molar refractivity (Wildman–Crippen MR) is 97.2 cm³/mol. The van der Waals surface area contributed by atoms with Crippen molar-refractivity contribution in [3.63, 3.8) is 0 Å². The summed E-state index contributed by atoms with van der Waals surface area (Å²) in [5, 5.41) is 6.76. The molecule has 1 aliphatic carbocycles. The van der Waals surface area contributed by atoms with E-state index in [0.29, 0.717) is 11.7 Å². The lowest BCUT2D eigenvalue weighted by atomic mass is 10.1. The first-order valence-electron chi connectivity index (χ1n) is 8.67. The van der Waals surface area contributed by atoms with E-state index in [1.54, 1.807) is 21.3 Å². The zero-order chi connectivity index (χ0) is 16.9. The molecule has 0 spiro atoms. The van der Waals surface area contributed by atoms with Crippen molar-refractivity contribution in [2.45, 2.75) is 25.3 Å². The number of aliphatic imine (C=N–C) groups is 1. The third-order valence-corrected chi connectivity index (χ3v) is 4.81. The molecule has 1 heterocycles. The van der Waals surface area contributed by atoms with Crippen molar-refractivity contribution in [3.8, 4) is 11.5 Å². The molecular weight excluding hydrogens is 304 g/mol. The summed E-state index contributed by atoms with van der Waals surface area (Å²) in [5.41, 5.74) is 0.923. The number of methoxy groups -OCH3 is 2. The first-order chi connectivity index (χ1) is 11.7. The standard InChI is InChI=1S/C18H28N4O2/c1-19-18(20-11-13-8-9-22(12-13)15-5-6-15)21-14-4-7-16(23-2)17(10-14)24-3/h4,7,10,13,15H,5-6,8-9,11-12H2,1-3H3,(H2,19,20,21). The van der Waals surface area contributed by atoms with Gasteiger partial charge in [0.05, 0.1) is 14.2 Å². The van der Waals surface area contributed by atoms with Crippen molar-refractivity contribution >= 4 is 11.6 Å². The summed E-state index contributed by atoms with van der Waals surface area (Å²) >= 11 is 0. The van der Waals surface area contributed by atoms with Crippen LogP contribution < -0.4 is 20.1 Å². The van der Waals surface area contributed by atoms with Crippen LogP contribution >= 0.6 is 0 Å². The molecule has 0 amide bonds. The molecule has 0 bridgehead atoms. The molecule has 1 aliphatic heterocycles. The van der Waals surface area contributed by atoms with E-state index in [1.807, 2.05) is 18.2 Å². The molecule has 1 saturated heterocycles. The van der Waals surface area contributed by atoms with E-state index in [4.69, 9.17) is 9.47 Å². The van der Waals surface area contributed by atoms with Gasteiger partial charge in [0.25, 0.3) is 0 Å². The molecule has 1 atom stereocenters. The molecule has 132 valence electrons. The highest BCUT2D eigenvalue weighted by molar-refractivity contribution is 5.93. The second kappa shape index (κ2) is 7.75. The molecule has 24 heavy (non-hydrogen) atoms. The van der Waals surface area contributed by atoms with Crippen LogP contribution in [0.5, 0.6) is 11.5 Å². The molecule has 0 aromatic heterocycles. The average Bonchev–Trinajstić information content (AvgIpc) is 3.36. The van der Waals surface area contributed by atoms with E-state index in [-0.39, 0.29) is 0 Å². The van der Waals surface area contributed by atoms with Gasteiger partial charge in [-0.05, 0) is 43.9 Å². The average molecular weight is 332 g/mol. The first kappa shape index (κ1) is 16.9. The Morgan fingerprint density at radius 3 is 2.67 bits per heavy atom. The van der Waals surface area contributed by atoms with Crippen molar-refractivity contribution in [2.24, 2.45) is 10.9 Å². The number of benzene rings is 1. The largest absolute Gasteiger partial charge is 0.493 e. The number of guanidine groups is 1. The number of nitrogens with zero attached hydrogens (tertiary/aromatic N) is 2. The van der Waals surface area contributed by atoms with Gasteiger partial charge in [-0.3, -0.25) is 4.99 Å². The Hall–Kier alpha value is -1.95. The number of nitrogens with one attached hydrogen (secondary N) is 2. The lowest BCUT2D eigenvalue weighted by molar-refractivity contribution is 0.314.